The maximum atomic E-state index is 9.14. The monoisotopic (exact) mass is 249 g/mol. The molecular weight excluding hydrogens is 226 g/mol. The van der Waals surface area contributed by atoms with Crippen molar-refractivity contribution in [2.75, 3.05) is 18.0 Å². The van der Waals surface area contributed by atoms with Crippen molar-refractivity contribution < 1.29 is 5.11 Å². The molecule has 0 bridgehead atoms. The molecule has 1 aliphatic rings. The number of hydrogen-bond acceptors (Lipinski definition) is 4. The molecule has 1 N–H and O–H groups in total. The summed E-state index contributed by atoms with van der Waals surface area (Å²) in [6.07, 6.45) is 5.37. The molecule has 1 fully saturated rings. The highest BCUT2D eigenvalue weighted by Gasteiger charge is 2.24. The summed E-state index contributed by atoms with van der Waals surface area (Å²) in [5.41, 5.74) is 2.12. The lowest BCUT2D eigenvalue weighted by atomic mass is 9.85. The van der Waals surface area contributed by atoms with Crippen LogP contribution in [0.3, 0.4) is 0 Å². The average molecular weight is 249 g/mol. The predicted molar refractivity (Wildman–Crippen MR) is 72.5 cm³/mol. The molecule has 2 heterocycles. The minimum absolute atomic E-state index is 0.0130. The highest BCUT2D eigenvalue weighted by molar-refractivity contribution is 5.33. The summed E-state index contributed by atoms with van der Waals surface area (Å²) < 4.78 is 0. The second-order valence-electron chi connectivity index (χ2n) is 5.94. The van der Waals surface area contributed by atoms with Gasteiger partial charge < -0.3 is 10.0 Å². The lowest BCUT2D eigenvalue weighted by Crippen LogP contribution is -2.27. The number of aryl methyl sites for hydroxylation is 1. The fourth-order valence-electron chi connectivity index (χ4n) is 2.41. The topological polar surface area (TPSA) is 49.2 Å². The van der Waals surface area contributed by atoms with Crippen LogP contribution in [0.2, 0.25) is 0 Å². The molecule has 1 aliphatic heterocycles. The van der Waals surface area contributed by atoms with Crippen molar-refractivity contribution in [3.8, 4) is 0 Å². The van der Waals surface area contributed by atoms with Crippen LogP contribution in [0.15, 0.2) is 6.20 Å². The molecule has 4 heteroatoms. The Labute approximate surface area is 109 Å². The normalized spacial score (nSPS) is 19.7. The van der Waals surface area contributed by atoms with Crippen LogP contribution >= 0.6 is 0 Å². The van der Waals surface area contributed by atoms with Gasteiger partial charge in [0.2, 0.25) is 5.95 Å². The van der Waals surface area contributed by atoms with Gasteiger partial charge in [-0.25, -0.2) is 9.97 Å². The number of anilines is 1. The second kappa shape index (κ2) is 5.22. The van der Waals surface area contributed by atoms with E-state index in [1.165, 1.54) is 19.3 Å². The lowest BCUT2D eigenvalue weighted by Gasteiger charge is -2.23. The third-order valence-corrected chi connectivity index (χ3v) is 3.86. The van der Waals surface area contributed by atoms with E-state index >= 15 is 0 Å². The Hall–Kier alpha value is -1.16. The largest absolute Gasteiger partial charge is 0.392 e. The predicted octanol–water partition coefficient (Wildman–Crippen LogP) is 2.29. The number of hydrogen-bond donors (Lipinski definition) is 1. The van der Waals surface area contributed by atoms with Crippen LogP contribution in [-0.2, 0) is 6.61 Å². The van der Waals surface area contributed by atoms with Gasteiger partial charge in [-0.3, -0.25) is 0 Å². The van der Waals surface area contributed by atoms with Crippen molar-refractivity contribution in [3.63, 3.8) is 0 Å². The molecule has 0 amide bonds. The van der Waals surface area contributed by atoms with Gasteiger partial charge in [0, 0.05) is 30.5 Å². The summed E-state index contributed by atoms with van der Waals surface area (Å²) in [5, 5.41) is 9.14. The molecule has 0 unspecified atom stereocenters. The molecule has 0 atom stereocenters. The lowest BCUT2D eigenvalue weighted by molar-refractivity contribution is 0.280. The van der Waals surface area contributed by atoms with Gasteiger partial charge in [-0.1, -0.05) is 13.8 Å². The first kappa shape index (κ1) is 13.3. The van der Waals surface area contributed by atoms with Crippen LogP contribution < -0.4 is 4.90 Å². The highest BCUT2D eigenvalue weighted by Crippen LogP contribution is 2.30. The van der Waals surface area contributed by atoms with Crippen molar-refractivity contribution in [2.45, 2.75) is 46.6 Å². The molecule has 1 aromatic rings. The Kier molecular flexibility index (Phi) is 3.85. The van der Waals surface area contributed by atoms with Crippen molar-refractivity contribution >= 4 is 5.95 Å². The zero-order valence-electron chi connectivity index (χ0n) is 11.6. The minimum Gasteiger partial charge on any atom is -0.392 e. The molecule has 2 rings (SSSR count). The van der Waals surface area contributed by atoms with Crippen LogP contribution in [-0.4, -0.2) is 28.2 Å². The van der Waals surface area contributed by atoms with E-state index in [2.05, 4.69) is 28.7 Å². The van der Waals surface area contributed by atoms with Crippen LogP contribution in [0.4, 0.5) is 5.95 Å². The van der Waals surface area contributed by atoms with Gasteiger partial charge in [-0.2, -0.15) is 0 Å². The molecule has 0 spiro atoms. The summed E-state index contributed by atoms with van der Waals surface area (Å²) in [4.78, 5) is 11.2. The van der Waals surface area contributed by atoms with Crippen LogP contribution in [0.1, 0.15) is 44.4 Å². The first-order valence-electron chi connectivity index (χ1n) is 6.70. The first-order valence-corrected chi connectivity index (χ1v) is 6.70. The number of aliphatic hydroxyl groups excluding tert-OH is 1. The van der Waals surface area contributed by atoms with Gasteiger partial charge in [0.05, 0.1) is 6.61 Å². The van der Waals surface area contributed by atoms with Gasteiger partial charge in [-0.05, 0) is 31.6 Å². The number of aliphatic hydroxyl groups is 1. The Morgan fingerprint density at radius 1 is 1.33 bits per heavy atom. The van der Waals surface area contributed by atoms with Gasteiger partial charge in [0.1, 0.15) is 0 Å². The second-order valence-corrected chi connectivity index (χ2v) is 5.94. The molecule has 0 aliphatic carbocycles. The van der Waals surface area contributed by atoms with E-state index in [1.807, 2.05) is 6.92 Å². The third kappa shape index (κ3) is 2.99. The summed E-state index contributed by atoms with van der Waals surface area (Å²) in [5.74, 6) is 0.808. The Morgan fingerprint density at radius 2 is 2.11 bits per heavy atom. The quantitative estimate of drug-likeness (QED) is 0.873. The van der Waals surface area contributed by atoms with Crippen molar-refractivity contribution in [1.82, 2.24) is 9.97 Å². The Morgan fingerprint density at radius 3 is 2.78 bits per heavy atom. The van der Waals surface area contributed by atoms with E-state index in [0.29, 0.717) is 5.41 Å². The zero-order valence-corrected chi connectivity index (χ0v) is 11.6. The van der Waals surface area contributed by atoms with Crippen molar-refractivity contribution in [3.05, 3.63) is 17.5 Å². The number of aromatic nitrogens is 2. The number of rotatable bonds is 2. The summed E-state index contributed by atoms with van der Waals surface area (Å²) in [6, 6.07) is 0. The van der Waals surface area contributed by atoms with Crippen LogP contribution in [0, 0.1) is 12.3 Å². The van der Waals surface area contributed by atoms with Gasteiger partial charge in [0.25, 0.3) is 0 Å². The number of nitrogens with zero attached hydrogens (tertiary/aromatic N) is 3. The average Bonchev–Trinajstić information content (AvgIpc) is 2.50. The van der Waals surface area contributed by atoms with E-state index < -0.39 is 0 Å². The minimum atomic E-state index is 0.0130. The molecule has 0 radical (unpaired) electrons. The molecule has 1 saturated heterocycles. The highest BCUT2D eigenvalue weighted by atomic mass is 16.3. The van der Waals surface area contributed by atoms with Crippen LogP contribution in [0.5, 0.6) is 0 Å². The molecule has 0 aromatic carbocycles. The van der Waals surface area contributed by atoms with E-state index in [9.17, 15) is 0 Å². The maximum Gasteiger partial charge on any atom is 0.225 e. The first-order chi connectivity index (χ1) is 8.52. The van der Waals surface area contributed by atoms with E-state index in [4.69, 9.17) is 5.11 Å². The third-order valence-electron chi connectivity index (χ3n) is 3.86. The SMILES string of the molecule is Cc1nc(N2CCCC(C)(C)CC2)ncc1CO. The van der Waals surface area contributed by atoms with E-state index in [-0.39, 0.29) is 6.61 Å². The fraction of sp³-hybridized carbons (Fsp3) is 0.714. The standard InChI is InChI=1S/C14H23N3O/c1-11-12(10-18)9-15-13(16-11)17-7-4-5-14(2,3)6-8-17/h9,18H,4-8,10H2,1-3H3. The fourth-order valence-corrected chi connectivity index (χ4v) is 2.41. The van der Waals surface area contributed by atoms with Crippen LogP contribution in [0.25, 0.3) is 0 Å². The summed E-state index contributed by atoms with van der Waals surface area (Å²) in [7, 11) is 0. The van der Waals surface area contributed by atoms with Gasteiger partial charge in [-0.15, -0.1) is 0 Å². The summed E-state index contributed by atoms with van der Waals surface area (Å²) in [6.45, 7) is 8.65. The molecule has 18 heavy (non-hydrogen) atoms. The molecular formula is C14H23N3O. The van der Waals surface area contributed by atoms with E-state index in [1.54, 1.807) is 6.20 Å². The molecule has 1 aromatic heterocycles. The Bertz CT molecular complexity index is 418. The smallest absolute Gasteiger partial charge is 0.225 e. The van der Waals surface area contributed by atoms with Crippen molar-refractivity contribution in [1.29, 1.82) is 0 Å². The summed E-state index contributed by atoms with van der Waals surface area (Å²) >= 11 is 0. The maximum absolute atomic E-state index is 9.14. The van der Waals surface area contributed by atoms with Gasteiger partial charge >= 0.3 is 0 Å². The molecule has 4 nitrogen and oxygen atoms in total. The zero-order chi connectivity index (χ0) is 13.2. The Balaban J connectivity index is 2.14. The molecule has 100 valence electrons. The molecule has 0 saturated carbocycles. The van der Waals surface area contributed by atoms with E-state index in [0.717, 1.165) is 30.3 Å². The van der Waals surface area contributed by atoms with Gasteiger partial charge in [0.15, 0.2) is 0 Å². The van der Waals surface area contributed by atoms with Crippen molar-refractivity contribution in [2.24, 2.45) is 5.41 Å².